The first-order valence-corrected chi connectivity index (χ1v) is 9.47. The standard InChI is InChI=1S/C19H21ClN4O2S/c1-5-6-7-14(15-10-13(20)8-9-17(15)26-4)16(11-21-3)18(25)22-19-24-23-12(2)27-19/h6-11H,5H2,1-4H3,(H,22,24,25)/b7-6+,16-14-,21-11-. The van der Waals surface area contributed by atoms with Gasteiger partial charge in [0, 0.05) is 23.8 Å². The molecule has 2 rings (SSSR count). The summed E-state index contributed by atoms with van der Waals surface area (Å²) in [5.74, 6) is 0.270. The van der Waals surface area contributed by atoms with Crippen molar-refractivity contribution in [2.45, 2.75) is 20.3 Å². The average Bonchev–Trinajstić information content (AvgIpc) is 3.05. The Morgan fingerprint density at radius 3 is 2.78 bits per heavy atom. The number of anilines is 1. The lowest BCUT2D eigenvalue weighted by atomic mass is 9.97. The Morgan fingerprint density at radius 1 is 1.41 bits per heavy atom. The number of aromatic nitrogens is 2. The summed E-state index contributed by atoms with van der Waals surface area (Å²) in [4.78, 5) is 17.0. The van der Waals surface area contributed by atoms with E-state index in [9.17, 15) is 4.79 Å². The summed E-state index contributed by atoms with van der Waals surface area (Å²) in [6.07, 6.45) is 6.15. The zero-order valence-electron chi connectivity index (χ0n) is 15.6. The van der Waals surface area contributed by atoms with E-state index < -0.39 is 0 Å². The van der Waals surface area contributed by atoms with Crippen LogP contribution < -0.4 is 10.1 Å². The summed E-state index contributed by atoms with van der Waals surface area (Å²) in [5, 5.41) is 12.4. The molecular formula is C19H21ClN4O2S. The van der Waals surface area contributed by atoms with Crippen molar-refractivity contribution in [3.63, 3.8) is 0 Å². The molecule has 0 aliphatic heterocycles. The normalized spacial score (nSPS) is 12.5. The smallest absolute Gasteiger partial charge is 0.259 e. The lowest BCUT2D eigenvalue weighted by molar-refractivity contribution is -0.112. The Bertz CT molecular complexity index is 903. The molecule has 0 saturated carbocycles. The van der Waals surface area contributed by atoms with E-state index in [4.69, 9.17) is 16.3 Å². The maximum Gasteiger partial charge on any atom is 0.259 e. The monoisotopic (exact) mass is 404 g/mol. The number of allylic oxidation sites excluding steroid dienone is 3. The summed E-state index contributed by atoms with van der Waals surface area (Å²) >= 11 is 7.49. The van der Waals surface area contributed by atoms with Crippen molar-refractivity contribution in [1.29, 1.82) is 0 Å². The summed E-state index contributed by atoms with van der Waals surface area (Å²) < 4.78 is 5.47. The van der Waals surface area contributed by atoms with Gasteiger partial charge in [0.25, 0.3) is 5.91 Å². The van der Waals surface area contributed by atoms with Gasteiger partial charge >= 0.3 is 0 Å². The van der Waals surface area contributed by atoms with Gasteiger partial charge in [-0.1, -0.05) is 42.0 Å². The van der Waals surface area contributed by atoms with Crippen molar-refractivity contribution in [3.8, 4) is 5.75 Å². The average molecular weight is 405 g/mol. The molecule has 1 amide bonds. The molecule has 0 radical (unpaired) electrons. The molecule has 1 N–H and O–H groups in total. The number of ether oxygens (including phenoxy) is 1. The number of aryl methyl sites for hydroxylation is 1. The molecule has 0 unspecified atom stereocenters. The molecule has 0 aliphatic rings. The number of rotatable bonds is 7. The summed E-state index contributed by atoms with van der Waals surface area (Å²) in [7, 11) is 3.18. The Balaban J connectivity index is 2.62. The van der Waals surface area contributed by atoms with Crippen LogP contribution >= 0.6 is 22.9 Å². The third-order valence-electron chi connectivity index (χ3n) is 3.51. The molecule has 0 atom stereocenters. The van der Waals surface area contributed by atoms with E-state index in [1.807, 2.05) is 26.0 Å². The third kappa shape index (κ3) is 5.48. The number of aliphatic imine (C=N–C) groups is 1. The quantitative estimate of drug-likeness (QED) is 0.416. The minimum atomic E-state index is -0.338. The highest BCUT2D eigenvalue weighted by molar-refractivity contribution is 7.15. The minimum absolute atomic E-state index is 0.338. The number of benzene rings is 1. The molecule has 1 heterocycles. The van der Waals surface area contributed by atoms with Gasteiger partial charge in [0.15, 0.2) is 0 Å². The van der Waals surface area contributed by atoms with Crippen LogP contribution in [0.4, 0.5) is 5.13 Å². The highest BCUT2D eigenvalue weighted by Gasteiger charge is 2.18. The predicted octanol–water partition coefficient (Wildman–Crippen LogP) is 4.57. The molecule has 0 saturated heterocycles. The maximum absolute atomic E-state index is 12.9. The first-order chi connectivity index (χ1) is 13.0. The molecule has 0 bridgehead atoms. The lowest BCUT2D eigenvalue weighted by Crippen LogP contribution is -2.17. The summed E-state index contributed by atoms with van der Waals surface area (Å²) in [5.41, 5.74) is 1.73. The van der Waals surface area contributed by atoms with E-state index in [2.05, 4.69) is 20.5 Å². The number of amides is 1. The molecule has 8 heteroatoms. The van der Waals surface area contributed by atoms with Crippen LogP contribution in [0.25, 0.3) is 5.57 Å². The molecule has 27 heavy (non-hydrogen) atoms. The van der Waals surface area contributed by atoms with Gasteiger partial charge in [0.2, 0.25) is 5.13 Å². The highest BCUT2D eigenvalue weighted by Crippen LogP contribution is 2.32. The van der Waals surface area contributed by atoms with Crippen molar-refractivity contribution < 1.29 is 9.53 Å². The van der Waals surface area contributed by atoms with Gasteiger partial charge in [-0.3, -0.25) is 15.1 Å². The molecule has 1 aromatic carbocycles. The van der Waals surface area contributed by atoms with E-state index in [-0.39, 0.29) is 5.91 Å². The van der Waals surface area contributed by atoms with Crippen LogP contribution in [-0.2, 0) is 4.79 Å². The van der Waals surface area contributed by atoms with Gasteiger partial charge < -0.3 is 4.74 Å². The number of carbonyl (C=O) groups excluding carboxylic acids is 1. The molecule has 0 aliphatic carbocycles. The van der Waals surface area contributed by atoms with Crippen LogP contribution in [0.2, 0.25) is 5.02 Å². The minimum Gasteiger partial charge on any atom is -0.496 e. The Morgan fingerprint density at radius 2 is 2.19 bits per heavy atom. The van der Waals surface area contributed by atoms with Gasteiger partial charge in [0.05, 0.1) is 12.7 Å². The van der Waals surface area contributed by atoms with E-state index in [1.165, 1.54) is 17.6 Å². The first-order valence-electron chi connectivity index (χ1n) is 8.28. The topological polar surface area (TPSA) is 76.5 Å². The SMILES string of the molecule is CC/C=C/C(=C(\C=N/C)C(=O)Nc1nnc(C)s1)c1cc(Cl)ccc1OC. The van der Waals surface area contributed by atoms with Crippen LogP contribution in [0, 0.1) is 6.92 Å². The number of hydrogen-bond donors (Lipinski definition) is 1. The fourth-order valence-corrected chi connectivity index (χ4v) is 3.10. The van der Waals surface area contributed by atoms with Crippen LogP contribution in [-0.4, -0.2) is 36.5 Å². The van der Waals surface area contributed by atoms with E-state index in [0.717, 1.165) is 11.4 Å². The second kappa shape index (κ2) is 9.99. The van der Waals surface area contributed by atoms with Gasteiger partial charge in [-0.15, -0.1) is 10.2 Å². The second-order valence-corrected chi connectivity index (χ2v) is 7.07. The Hall–Kier alpha value is -2.51. The zero-order chi connectivity index (χ0) is 19.8. The second-order valence-electron chi connectivity index (χ2n) is 5.45. The van der Waals surface area contributed by atoms with Crippen LogP contribution in [0.1, 0.15) is 23.9 Å². The fraction of sp³-hybridized carbons (Fsp3) is 0.263. The van der Waals surface area contributed by atoms with Gasteiger partial charge in [-0.05, 0) is 37.1 Å². The van der Waals surface area contributed by atoms with Crippen molar-refractivity contribution >= 4 is 45.8 Å². The fourth-order valence-electron chi connectivity index (χ4n) is 2.34. The number of nitrogens with one attached hydrogen (secondary N) is 1. The predicted molar refractivity (Wildman–Crippen MR) is 112 cm³/mol. The zero-order valence-corrected chi connectivity index (χ0v) is 17.2. The highest BCUT2D eigenvalue weighted by atomic mass is 35.5. The van der Waals surface area contributed by atoms with E-state index in [0.29, 0.717) is 32.6 Å². The van der Waals surface area contributed by atoms with Crippen LogP contribution in [0.3, 0.4) is 0 Å². The number of nitrogens with zero attached hydrogens (tertiary/aromatic N) is 3. The number of hydrogen-bond acceptors (Lipinski definition) is 6. The third-order valence-corrected chi connectivity index (χ3v) is 4.50. The Labute approximate surface area is 167 Å². The van der Waals surface area contributed by atoms with Gasteiger partial charge in [-0.2, -0.15) is 0 Å². The molecule has 1 aromatic heterocycles. The van der Waals surface area contributed by atoms with Crippen molar-refractivity contribution in [2.75, 3.05) is 19.5 Å². The summed E-state index contributed by atoms with van der Waals surface area (Å²) in [6, 6.07) is 5.27. The summed E-state index contributed by atoms with van der Waals surface area (Å²) in [6.45, 7) is 3.84. The van der Waals surface area contributed by atoms with Crippen molar-refractivity contribution in [1.82, 2.24) is 10.2 Å². The van der Waals surface area contributed by atoms with Crippen LogP contribution in [0.5, 0.6) is 5.75 Å². The van der Waals surface area contributed by atoms with E-state index >= 15 is 0 Å². The lowest BCUT2D eigenvalue weighted by Gasteiger charge is -2.13. The van der Waals surface area contributed by atoms with Crippen LogP contribution in [0.15, 0.2) is 40.9 Å². The molecule has 6 nitrogen and oxygen atoms in total. The number of methoxy groups -OCH3 is 1. The Kier molecular flexibility index (Phi) is 7.69. The van der Waals surface area contributed by atoms with Crippen molar-refractivity contribution in [3.05, 3.63) is 51.5 Å². The largest absolute Gasteiger partial charge is 0.496 e. The molecule has 0 fully saturated rings. The molecule has 142 valence electrons. The number of carbonyl (C=O) groups is 1. The maximum atomic E-state index is 12.9. The first kappa shape index (κ1) is 20.8. The van der Waals surface area contributed by atoms with Gasteiger partial charge in [-0.25, -0.2) is 0 Å². The molecular weight excluding hydrogens is 384 g/mol. The van der Waals surface area contributed by atoms with Crippen molar-refractivity contribution in [2.24, 2.45) is 4.99 Å². The molecule has 2 aromatic rings. The van der Waals surface area contributed by atoms with Gasteiger partial charge in [0.1, 0.15) is 10.8 Å². The van der Waals surface area contributed by atoms with E-state index in [1.54, 1.807) is 32.4 Å². The number of halogens is 1. The molecule has 0 spiro atoms.